The largest absolute Gasteiger partial charge is 0.497 e. The molecule has 2 aliphatic heterocycles. The molecule has 1 aromatic rings. The van der Waals surface area contributed by atoms with Crippen LogP contribution >= 0.6 is 0 Å². The maximum Gasteiger partial charge on any atom is 0.119 e. The van der Waals surface area contributed by atoms with E-state index in [1.54, 1.807) is 7.11 Å². The monoisotopic (exact) mass is 202 g/mol. The average molecular weight is 202 g/mol. The van der Waals surface area contributed by atoms with Crippen LogP contribution in [0.4, 0.5) is 5.69 Å². The van der Waals surface area contributed by atoms with Gasteiger partial charge in [0.2, 0.25) is 0 Å². The summed E-state index contributed by atoms with van der Waals surface area (Å²) >= 11 is 0. The van der Waals surface area contributed by atoms with Crippen LogP contribution in [0.15, 0.2) is 30.5 Å². The summed E-state index contributed by atoms with van der Waals surface area (Å²) in [6, 6.07) is 6.67. The van der Waals surface area contributed by atoms with Gasteiger partial charge in [-0.05, 0) is 36.0 Å². The Hall–Kier alpha value is -1.64. The van der Waals surface area contributed by atoms with Gasteiger partial charge >= 0.3 is 0 Å². The molecule has 3 rings (SSSR count). The zero-order valence-corrected chi connectivity index (χ0v) is 8.66. The van der Waals surface area contributed by atoms with E-state index in [0.717, 1.165) is 12.3 Å². The van der Waals surface area contributed by atoms with Gasteiger partial charge in [0.15, 0.2) is 0 Å². The minimum Gasteiger partial charge on any atom is -0.497 e. The Kier molecular flexibility index (Phi) is 1.84. The molecule has 2 heterocycles. The van der Waals surface area contributed by atoms with E-state index in [1.807, 2.05) is 12.3 Å². The third kappa shape index (κ3) is 1.27. The van der Waals surface area contributed by atoms with Crippen LogP contribution in [0.25, 0.3) is 0 Å². The third-order valence-electron chi connectivity index (χ3n) is 3.17. The number of anilines is 1. The molecule has 2 atom stereocenters. The van der Waals surface area contributed by atoms with Gasteiger partial charge in [-0.2, -0.15) is 0 Å². The molecule has 2 N–H and O–H groups in total. The predicted octanol–water partition coefficient (Wildman–Crippen LogP) is 1.69. The summed E-state index contributed by atoms with van der Waals surface area (Å²) in [5, 5.41) is 6.78. The first-order valence-corrected chi connectivity index (χ1v) is 5.23. The van der Waals surface area contributed by atoms with Crippen molar-refractivity contribution in [3.63, 3.8) is 0 Å². The van der Waals surface area contributed by atoms with Gasteiger partial charge in [0.1, 0.15) is 5.75 Å². The molecule has 0 radical (unpaired) electrons. The van der Waals surface area contributed by atoms with Crippen molar-refractivity contribution in [1.29, 1.82) is 0 Å². The van der Waals surface area contributed by atoms with Crippen LogP contribution in [0.5, 0.6) is 5.75 Å². The molecular formula is C12H14N2O. The molecule has 0 amide bonds. The summed E-state index contributed by atoms with van der Waals surface area (Å²) in [7, 11) is 1.71. The molecule has 3 heteroatoms. The summed E-state index contributed by atoms with van der Waals surface area (Å²) in [6.07, 6.45) is 4.21. The highest BCUT2D eigenvalue weighted by Crippen LogP contribution is 2.39. The third-order valence-corrected chi connectivity index (χ3v) is 3.17. The summed E-state index contributed by atoms with van der Waals surface area (Å²) in [5.41, 5.74) is 2.59. The first-order chi connectivity index (χ1) is 7.38. The van der Waals surface area contributed by atoms with Crippen molar-refractivity contribution in [2.75, 3.05) is 19.0 Å². The molecule has 15 heavy (non-hydrogen) atoms. The zero-order valence-electron chi connectivity index (χ0n) is 8.66. The second-order valence-electron chi connectivity index (χ2n) is 4.00. The van der Waals surface area contributed by atoms with Gasteiger partial charge in [0.05, 0.1) is 13.2 Å². The van der Waals surface area contributed by atoms with Crippen LogP contribution in [-0.4, -0.2) is 19.7 Å². The van der Waals surface area contributed by atoms with E-state index in [1.165, 1.54) is 11.3 Å². The Morgan fingerprint density at radius 2 is 2.33 bits per heavy atom. The van der Waals surface area contributed by atoms with Gasteiger partial charge in [-0.15, -0.1) is 0 Å². The lowest BCUT2D eigenvalue weighted by molar-refractivity contribution is 0.414. The normalized spacial score (nSPS) is 26.2. The van der Waals surface area contributed by atoms with E-state index in [9.17, 15) is 0 Å². The molecule has 2 unspecified atom stereocenters. The van der Waals surface area contributed by atoms with Gasteiger partial charge in [-0.25, -0.2) is 0 Å². The highest BCUT2D eigenvalue weighted by molar-refractivity contribution is 5.63. The van der Waals surface area contributed by atoms with Crippen molar-refractivity contribution >= 4 is 5.69 Å². The molecule has 0 bridgehead atoms. The van der Waals surface area contributed by atoms with Crippen LogP contribution in [0.2, 0.25) is 0 Å². The Bertz CT molecular complexity index is 414. The molecule has 2 aliphatic rings. The number of hydrogen-bond donors (Lipinski definition) is 2. The van der Waals surface area contributed by atoms with E-state index in [-0.39, 0.29) is 0 Å². The van der Waals surface area contributed by atoms with Gasteiger partial charge in [0.25, 0.3) is 0 Å². The van der Waals surface area contributed by atoms with Crippen molar-refractivity contribution in [2.24, 2.45) is 0 Å². The quantitative estimate of drug-likeness (QED) is 0.727. The van der Waals surface area contributed by atoms with E-state index in [0.29, 0.717) is 12.0 Å². The van der Waals surface area contributed by atoms with Gasteiger partial charge in [0, 0.05) is 18.2 Å². The molecule has 78 valence electrons. The van der Waals surface area contributed by atoms with E-state index >= 15 is 0 Å². The molecule has 0 saturated heterocycles. The molecule has 0 fully saturated rings. The summed E-state index contributed by atoms with van der Waals surface area (Å²) in [6.45, 7) is 0.994. The number of benzene rings is 1. The number of rotatable bonds is 1. The minimum atomic E-state index is 0.438. The number of ether oxygens (including phenoxy) is 1. The minimum absolute atomic E-state index is 0.438. The summed E-state index contributed by atoms with van der Waals surface area (Å²) < 4.78 is 5.25. The Morgan fingerprint density at radius 1 is 1.40 bits per heavy atom. The number of methoxy groups -OCH3 is 1. The highest BCUT2D eigenvalue weighted by Gasteiger charge is 2.31. The van der Waals surface area contributed by atoms with Crippen molar-refractivity contribution in [3.8, 4) is 5.75 Å². The summed E-state index contributed by atoms with van der Waals surface area (Å²) in [4.78, 5) is 0. The van der Waals surface area contributed by atoms with Crippen LogP contribution < -0.4 is 15.4 Å². The number of hydrogen-bond acceptors (Lipinski definition) is 3. The van der Waals surface area contributed by atoms with Crippen molar-refractivity contribution in [1.82, 2.24) is 5.32 Å². The fraction of sp³-hybridized carbons (Fsp3) is 0.333. The molecular weight excluding hydrogens is 188 g/mol. The lowest BCUT2D eigenvalue weighted by Crippen LogP contribution is -2.30. The molecule has 0 saturated carbocycles. The Balaban J connectivity index is 2.03. The first kappa shape index (κ1) is 8.65. The Morgan fingerprint density at radius 3 is 3.20 bits per heavy atom. The molecule has 3 nitrogen and oxygen atoms in total. The van der Waals surface area contributed by atoms with Gasteiger partial charge < -0.3 is 15.4 Å². The molecule has 0 aliphatic carbocycles. The lowest BCUT2D eigenvalue weighted by Gasteiger charge is -2.21. The van der Waals surface area contributed by atoms with Crippen LogP contribution in [0.1, 0.15) is 11.5 Å². The molecule has 0 spiro atoms. The van der Waals surface area contributed by atoms with E-state index < -0.39 is 0 Å². The first-order valence-electron chi connectivity index (χ1n) is 5.23. The standard InChI is InChI=1S/C12H14N2O/c1-15-8-2-3-11-9(6-8)10-7-13-5-4-12(10)14-11/h2-6,10,12-14H,7H2,1H3. The fourth-order valence-electron chi connectivity index (χ4n) is 2.37. The van der Waals surface area contributed by atoms with E-state index in [2.05, 4.69) is 28.8 Å². The molecule has 1 aromatic carbocycles. The molecule has 0 aromatic heterocycles. The smallest absolute Gasteiger partial charge is 0.119 e. The van der Waals surface area contributed by atoms with Crippen LogP contribution in [0, 0.1) is 0 Å². The highest BCUT2D eigenvalue weighted by atomic mass is 16.5. The van der Waals surface area contributed by atoms with Gasteiger partial charge in [-0.1, -0.05) is 0 Å². The van der Waals surface area contributed by atoms with Crippen molar-refractivity contribution in [2.45, 2.75) is 12.0 Å². The average Bonchev–Trinajstić information content (AvgIpc) is 2.66. The number of nitrogens with one attached hydrogen (secondary N) is 2. The van der Waals surface area contributed by atoms with Crippen LogP contribution in [0.3, 0.4) is 0 Å². The maximum atomic E-state index is 5.25. The Labute approximate surface area is 89.1 Å². The van der Waals surface area contributed by atoms with Crippen LogP contribution in [-0.2, 0) is 0 Å². The second kappa shape index (κ2) is 3.19. The second-order valence-corrected chi connectivity index (χ2v) is 4.00. The van der Waals surface area contributed by atoms with Gasteiger partial charge in [-0.3, -0.25) is 0 Å². The SMILES string of the molecule is COc1ccc2c(c1)C1CNC=CC1N2. The lowest BCUT2D eigenvalue weighted by atomic mass is 9.93. The summed E-state index contributed by atoms with van der Waals surface area (Å²) in [5.74, 6) is 1.46. The zero-order chi connectivity index (χ0) is 10.3. The van der Waals surface area contributed by atoms with Crippen molar-refractivity contribution in [3.05, 3.63) is 36.0 Å². The maximum absolute atomic E-state index is 5.25. The topological polar surface area (TPSA) is 33.3 Å². The fourth-order valence-corrected chi connectivity index (χ4v) is 2.37. The predicted molar refractivity (Wildman–Crippen MR) is 60.3 cm³/mol. The van der Waals surface area contributed by atoms with Crippen molar-refractivity contribution < 1.29 is 4.74 Å². The van der Waals surface area contributed by atoms with E-state index in [4.69, 9.17) is 4.74 Å². The number of fused-ring (bicyclic) bond motifs is 3.